The summed E-state index contributed by atoms with van der Waals surface area (Å²) in [6, 6.07) is 48.9. The van der Waals surface area contributed by atoms with E-state index in [0.29, 0.717) is 6.61 Å². The van der Waals surface area contributed by atoms with E-state index in [0.717, 1.165) is 91.1 Å². The number of thiophene rings is 1. The summed E-state index contributed by atoms with van der Waals surface area (Å²) in [5.74, 6) is 12.2. The van der Waals surface area contributed by atoms with Crippen molar-refractivity contribution in [2.45, 2.75) is 111 Å². The Morgan fingerprint density at radius 3 is 1.56 bits per heavy atom. The Bertz CT molecular complexity index is 3880. The molecule has 1 N–H and O–H groups in total. The van der Waals surface area contributed by atoms with E-state index in [-0.39, 0.29) is 5.75 Å². The van der Waals surface area contributed by atoms with Crippen LogP contribution in [0, 0.1) is 49.4 Å². The van der Waals surface area contributed by atoms with Crippen molar-refractivity contribution >= 4 is 69.1 Å². The average molecular weight is 1250 g/mol. The van der Waals surface area contributed by atoms with E-state index in [2.05, 4.69) is 262 Å². The minimum absolute atomic E-state index is 0.262. The lowest BCUT2D eigenvalue weighted by Crippen LogP contribution is -2.06. The first-order valence-electron chi connectivity index (χ1n) is 29.8. The summed E-state index contributed by atoms with van der Waals surface area (Å²) in [6.07, 6.45) is 24.8. The van der Waals surface area contributed by atoms with Crippen LogP contribution >= 0.6 is 11.3 Å². The summed E-state index contributed by atoms with van der Waals surface area (Å²) >= 11 is 1.85. The van der Waals surface area contributed by atoms with Gasteiger partial charge >= 0.3 is 11.9 Å². The van der Waals surface area contributed by atoms with E-state index in [9.17, 15) is 9.59 Å². The molecule has 8 aromatic rings. The number of benzene rings is 7. The van der Waals surface area contributed by atoms with Gasteiger partial charge in [-0.05, 0) is 207 Å². The number of carbonyl (C=O) groups excluding carboxylic acids is 2. The zero-order valence-electron chi connectivity index (χ0n) is 50.8. The SMILES string of the molecule is CCCCCCCCOc1ccc(-c2c3ccc(C)cc3c(-c3ccc(OC(=O)C#CC#CC#CC(=O)OOOOOOOOOOOOOO)cc3)c3ccc(-c4ccc(/C=C/c5cc(CCCCCCCC)c(/C=C/c6ccc(C)cc6)s5)cc4)cc23)cc1. The number of hydrogen-bond acceptors (Lipinski definition) is 19. The molecule has 0 unspecified atom stereocenters. The van der Waals surface area contributed by atoms with Gasteiger partial charge in [0.15, 0.2) is 0 Å². The van der Waals surface area contributed by atoms with Gasteiger partial charge in [0, 0.05) is 51.8 Å². The molecule has 91 heavy (non-hydrogen) atoms. The standard InChI is InChI=1S/C72H68O18S/c1-5-7-9-11-13-17-21-60-50-63(91-68(60)47-32-54-27-24-52(3)25-28-54)44-31-55-29-33-56(34-30-55)59-39-46-65-67(51-59)72(57-35-40-61(41-36-57)76-48-20-16-12-10-8-6-2)64-45-26-53(4)49-66(64)71(65)58-37-42-62(43-38-58)77-69(73)22-18-14-15-19-23-70(74)78-80-82-84-86-88-90-89-87-85-83-81-79-75/h24-47,49-51,75H,5-13,16-17,20-21,48H2,1-4H3/b44-31+,47-32+. The number of carbonyl (C=O) groups is 2. The Kier molecular flexibility index (Phi) is 28.4. The van der Waals surface area contributed by atoms with E-state index >= 15 is 0 Å². The molecule has 18 nitrogen and oxygen atoms in total. The summed E-state index contributed by atoms with van der Waals surface area (Å²) in [5, 5.41) is 54.9. The third kappa shape index (κ3) is 22.2. The summed E-state index contributed by atoms with van der Waals surface area (Å²) in [5.41, 5.74) is 12.4. The van der Waals surface area contributed by atoms with Crippen molar-refractivity contribution in [2.24, 2.45) is 0 Å². The molecule has 0 saturated carbocycles. The van der Waals surface area contributed by atoms with Crippen LogP contribution in [-0.4, -0.2) is 23.8 Å². The van der Waals surface area contributed by atoms with Crippen LogP contribution in [-0.2, 0) is 81.4 Å². The van der Waals surface area contributed by atoms with Crippen LogP contribution in [0.15, 0.2) is 140 Å². The van der Waals surface area contributed by atoms with Gasteiger partial charge in [0.2, 0.25) is 0 Å². The van der Waals surface area contributed by atoms with Crippen molar-refractivity contribution in [3.8, 4) is 80.4 Å². The molecule has 0 aliphatic carbocycles. The molecule has 0 aliphatic heterocycles. The highest BCUT2D eigenvalue weighted by molar-refractivity contribution is 7.14. The number of aryl methyl sites for hydroxylation is 3. The van der Waals surface area contributed by atoms with Gasteiger partial charge in [-0.15, -0.1) is 11.3 Å². The van der Waals surface area contributed by atoms with Crippen LogP contribution in [0.5, 0.6) is 11.5 Å². The maximum Gasteiger partial charge on any atom is 0.421 e. The molecule has 1 heterocycles. The van der Waals surface area contributed by atoms with Crippen molar-refractivity contribution in [1.29, 1.82) is 0 Å². The molecule has 0 atom stereocenters. The van der Waals surface area contributed by atoms with Crippen LogP contribution in [0.4, 0.5) is 0 Å². The number of ether oxygens (including phenoxy) is 2. The first kappa shape index (κ1) is 68.1. The minimum atomic E-state index is -1.29. The number of hydrogen-bond donors (Lipinski definition) is 1. The molecular weight excluding hydrogens is 1180 g/mol. The van der Waals surface area contributed by atoms with E-state index in [1.807, 2.05) is 29.4 Å². The molecule has 0 spiro atoms. The minimum Gasteiger partial charge on any atom is -0.494 e. The Morgan fingerprint density at radius 1 is 0.440 bits per heavy atom. The molecule has 19 heteroatoms. The summed E-state index contributed by atoms with van der Waals surface area (Å²) < 4.78 is 11.8. The Hall–Kier alpha value is -8.86. The third-order valence-electron chi connectivity index (χ3n) is 14.3. The second-order valence-electron chi connectivity index (χ2n) is 20.8. The fraction of sp³-hybridized carbons (Fsp3) is 0.250. The van der Waals surface area contributed by atoms with E-state index in [1.54, 1.807) is 12.1 Å². The predicted octanol–water partition coefficient (Wildman–Crippen LogP) is 17.8. The fourth-order valence-electron chi connectivity index (χ4n) is 9.96. The zero-order valence-corrected chi connectivity index (χ0v) is 51.6. The van der Waals surface area contributed by atoms with Crippen molar-refractivity contribution in [2.75, 3.05) is 6.61 Å². The lowest BCUT2D eigenvalue weighted by molar-refractivity contribution is -0.874. The van der Waals surface area contributed by atoms with E-state index < -0.39 is 11.9 Å². The maximum atomic E-state index is 12.8. The largest absolute Gasteiger partial charge is 0.494 e. The maximum absolute atomic E-state index is 12.8. The topological polar surface area (TPSA) is 193 Å². The van der Waals surface area contributed by atoms with Crippen LogP contribution in [0.2, 0.25) is 0 Å². The monoisotopic (exact) mass is 1250 g/mol. The molecule has 0 radical (unpaired) electrons. The Balaban J connectivity index is 0.994. The average Bonchev–Trinajstić information content (AvgIpc) is 1.17. The van der Waals surface area contributed by atoms with Crippen LogP contribution in [0.3, 0.4) is 0 Å². The number of esters is 1. The van der Waals surface area contributed by atoms with Gasteiger partial charge in [0.1, 0.15) is 11.5 Å². The lowest BCUT2D eigenvalue weighted by Gasteiger charge is -2.19. The zero-order chi connectivity index (χ0) is 63.7. The van der Waals surface area contributed by atoms with Crippen molar-refractivity contribution < 1.29 is 89.7 Å². The van der Waals surface area contributed by atoms with Crippen LogP contribution < -0.4 is 9.47 Å². The molecular formula is C72H68O18S. The van der Waals surface area contributed by atoms with Gasteiger partial charge in [0.05, 0.1) is 6.61 Å². The van der Waals surface area contributed by atoms with Crippen LogP contribution in [0.25, 0.3) is 79.2 Å². The summed E-state index contributed by atoms with van der Waals surface area (Å²) in [6.45, 7) is 9.39. The van der Waals surface area contributed by atoms with Crippen molar-refractivity contribution in [1.82, 2.24) is 0 Å². The number of fused-ring (bicyclic) bond motifs is 2. The number of rotatable bonds is 35. The van der Waals surface area contributed by atoms with Gasteiger partial charge in [0.25, 0.3) is 0 Å². The molecule has 8 rings (SSSR count). The highest BCUT2D eigenvalue weighted by Gasteiger charge is 2.19. The van der Waals surface area contributed by atoms with Gasteiger partial charge in [-0.3, -0.25) is 4.89 Å². The summed E-state index contributed by atoms with van der Waals surface area (Å²) in [4.78, 5) is 31.1. The van der Waals surface area contributed by atoms with Gasteiger partial charge in [-0.25, -0.2) is 14.8 Å². The molecule has 0 aliphatic rings. The third-order valence-corrected chi connectivity index (χ3v) is 15.4. The highest BCUT2D eigenvalue weighted by atomic mass is 32.1. The second kappa shape index (κ2) is 38.0. The fourth-order valence-corrected chi connectivity index (χ4v) is 11.0. The van der Waals surface area contributed by atoms with Gasteiger partial charge < -0.3 is 9.47 Å². The molecule has 0 bridgehead atoms. The van der Waals surface area contributed by atoms with E-state index in [4.69, 9.17) is 14.7 Å². The first-order valence-corrected chi connectivity index (χ1v) is 30.6. The quantitative estimate of drug-likeness (QED) is 0.00576. The normalized spacial score (nSPS) is 11.1. The van der Waals surface area contributed by atoms with Gasteiger partial charge in [-0.1, -0.05) is 204 Å². The molecule has 1 aromatic heterocycles. The lowest BCUT2D eigenvalue weighted by atomic mass is 9.84. The van der Waals surface area contributed by atoms with Gasteiger partial charge in [-0.2, -0.15) is 0 Å². The second-order valence-corrected chi connectivity index (χ2v) is 21.9. The number of unbranched alkanes of at least 4 members (excludes halogenated alkanes) is 10. The predicted molar refractivity (Wildman–Crippen MR) is 343 cm³/mol. The first-order chi connectivity index (χ1) is 44.7. The highest BCUT2D eigenvalue weighted by Crippen LogP contribution is 2.46. The summed E-state index contributed by atoms with van der Waals surface area (Å²) in [7, 11) is 0. The molecule has 0 amide bonds. The molecule has 470 valence electrons. The van der Waals surface area contributed by atoms with Crippen LogP contribution in [0.1, 0.15) is 128 Å². The molecule has 7 aromatic carbocycles. The molecule has 0 saturated heterocycles. The van der Waals surface area contributed by atoms with Crippen molar-refractivity contribution in [3.63, 3.8) is 0 Å². The van der Waals surface area contributed by atoms with E-state index in [1.165, 1.54) is 90.7 Å². The Labute approximate surface area is 531 Å². The smallest absolute Gasteiger partial charge is 0.421 e. The molecule has 0 fully saturated rings. The Morgan fingerprint density at radius 2 is 0.934 bits per heavy atom. The van der Waals surface area contributed by atoms with Crippen molar-refractivity contribution in [3.05, 3.63) is 177 Å².